The Morgan fingerprint density at radius 2 is 2.39 bits per heavy atom. The second kappa shape index (κ2) is 6.96. The van der Waals surface area contributed by atoms with E-state index in [0.29, 0.717) is 17.4 Å². The minimum atomic E-state index is -0.447. The SMILES string of the molecule is CCCNC(=C[N+](=O)[O-])C(C)c1ccc(Cl)nc1. The summed E-state index contributed by atoms with van der Waals surface area (Å²) in [5.41, 5.74) is 1.46. The highest BCUT2D eigenvalue weighted by molar-refractivity contribution is 6.29. The smallest absolute Gasteiger partial charge is 0.253 e. The molecule has 0 aliphatic carbocycles. The van der Waals surface area contributed by atoms with Crippen LogP contribution in [0, 0.1) is 10.1 Å². The number of rotatable bonds is 6. The first-order valence-electron chi connectivity index (χ1n) is 5.75. The maximum absolute atomic E-state index is 10.6. The Morgan fingerprint density at radius 3 is 2.89 bits per heavy atom. The Bertz CT molecular complexity index is 431. The van der Waals surface area contributed by atoms with Gasteiger partial charge in [-0.15, -0.1) is 0 Å². The second-order valence-corrected chi connectivity index (χ2v) is 4.32. The van der Waals surface area contributed by atoms with E-state index in [2.05, 4.69) is 10.3 Å². The maximum atomic E-state index is 10.6. The number of nitro groups is 1. The Kier molecular flexibility index (Phi) is 5.58. The highest BCUT2D eigenvalue weighted by Gasteiger charge is 2.14. The zero-order valence-electron chi connectivity index (χ0n) is 10.4. The molecule has 0 saturated heterocycles. The summed E-state index contributed by atoms with van der Waals surface area (Å²) in [6.45, 7) is 4.60. The number of halogens is 1. The van der Waals surface area contributed by atoms with Crippen LogP contribution in [0.2, 0.25) is 5.15 Å². The lowest BCUT2D eigenvalue weighted by atomic mass is 10.00. The topological polar surface area (TPSA) is 68.1 Å². The summed E-state index contributed by atoms with van der Waals surface area (Å²) in [6, 6.07) is 3.50. The van der Waals surface area contributed by atoms with E-state index in [0.717, 1.165) is 18.2 Å². The molecule has 0 aromatic carbocycles. The Labute approximate surface area is 111 Å². The quantitative estimate of drug-likeness (QED) is 0.490. The number of hydrogen-bond acceptors (Lipinski definition) is 4. The van der Waals surface area contributed by atoms with E-state index in [1.165, 1.54) is 0 Å². The van der Waals surface area contributed by atoms with Crippen LogP contribution in [0.5, 0.6) is 0 Å². The largest absolute Gasteiger partial charge is 0.383 e. The fraction of sp³-hybridized carbons (Fsp3) is 0.417. The number of allylic oxidation sites excluding steroid dienone is 1. The third-order valence-electron chi connectivity index (χ3n) is 2.54. The van der Waals surface area contributed by atoms with Crippen molar-refractivity contribution in [3.63, 3.8) is 0 Å². The molecule has 5 nitrogen and oxygen atoms in total. The van der Waals surface area contributed by atoms with Gasteiger partial charge in [-0.1, -0.05) is 31.5 Å². The molecule has 6 heteroatoms. The highest BCUT2D eigenvalue weighted by Crippen LogP contribution is 2.22. The van der Waals surface area contributed by atoms with Gasteiger partial charge in [0.05, 0.1) is 10.6 Å². The molecule has 1 heterocycles. The summed E-state index contributed by atoms with van der Waals surface area (Å²) >= 11 is 5.71. The lowest BCUT2D eigenvalue weighted by molar-refractivity contribution is -0.404. The van der Waals surface area contributed by atoms with Crippen molar-refractivity contribution in [2.24, 2.45) is 0 Å². The molecule has 1 atom stereocenters. The summed E-state index contributed by atoms with van der Waals surface area (Å²) in [6.07, 6.45) is 3.55. The van der Waals surface area contributed by atoms with Gasteiger partial charge in [0, 0.05) is 18.7 Å². The van der Waals surface area contributed by atoms with Gasteiger partial charge in [0.25, 0.3) is 6.20 Å². The van der Waals surface area contributed by atoms with Gasteiger partial charge in [0.2, 0.25) is 0 Å². The van der Waals surface area contributed by atoms with Crippen LogP contribution in [-0.4, -0.2) is 16.5 Å². The van der Waals surface area contributed by atoms with Gasteiger partial charge >= 0.3 is 0 Å². The maximum Gasteiger partial charge on any atom is 0.253 e. The zero-order valence-corrected chi connectivity index (χ0v) is 11.1. The first kappa shape index (κ1) is 14.4. The molecule has 0 bridgehead atoms. The van der Waals surface area contributed by atoms with Crippen molar-refractivity contribution in [1.82, 2.24) is 10.3 Å². The molecular formula is C12H16ClN3O2. The van der Waals surface area contributed by atoms with Gasteiger partial charge in [-0.25, -0.2) is 4.98 Å². The first-order valence-corrected chi connectivity index (χ1v) is 6.13. The van der Waals surface area contributed by atoms with E-state index < -0.39 is 4.92 Å². The molecule has 1 aromatic rings. The molecule has 1 unspecified atom stereocenters. The number of nitrogens with zero attached hydrogens (tertiary/aromatic N) is 2. The summed E-state index contributed by atoms with van der Waals surface area (Å²) in [7, 11) is 0. The molecule has 18 heavy (non-hydrogen) atoms. The molecule has 98 valence electrons. The van der Waals surface area contributed by atoms with Gasteiger partial charge in [-0.3, -0.25) is 10.1 Å². The molecular weight excluding hydrogens is 254 g/mol. The average Bonchev–Trinajstić information content (AvgIpc) is 2.34. The summed E-state index contributed by atoms with van der Waals surface area (Å²) in [5.74, 6) is -0.119. The standard InChI is InChI=1S/C12H16ClN3O2/c1-3-6-14-11(8-16(17)18)9(2)10-4-5-12(13)15-7-10/h4-5,7-9,14H,3,6H2,1-2H3. The van der Waals surface area contributed by atoms with Crippen molar-refractivity contribution in [3.8, 4) is 0 Å². The van der Waals surface area contributed by atoms with Gasteiger partial charge in [-0.2, -0.15) is 0 Å². The third kappa shape index (κ3) is 4.33. The third-order valence-corrected chi connectivity index (χ3v) is 2.76. The van der Waals surface area contributed by atoms with Crippen LogP contribution in [0.1, 0.15) is 31.7 Å². The van der Waals surface area contributed by atoms with Crippen molar-refractivity contribution in [1.29, 1.82) is 0 Å². The van der Waals surface area contributed by atoms with Crippen LogP contribution >= 0.6 is 11.6 Å². The van der Waals surface area contributed by atoms with Gasteiger partial charge in [0.1, 0.15) is 5.15 Å². The predicted molar refractivity (Wildman–Crippen MR) is 71.0 cm³/mol. The monoisotopic (exact) mass is 269 g/mol. The zero-order chi connectivity index (χ0) is 13.5. The van der Waals surface area contributed by atoms with E-state index >= 15 is 0 Å². The fourth-order valence-electron chi connectivity index (χ4n) is 1.52. The van der Waals surface area contributed by atoms with Crippen LogP contribution in [-0.2, 0) is 0 Å². The van der Waals surface area contributed by atoms with E-state index in [1.807, 2.05) is 19.9 Å². The molecule has 1 N–H and O–H groups in total. The molecule has 0 spiro atoms. The van der Waals surface area contributed by atoms with Crippen LogP contribution in [0.3, 0.4) is 0 Å². The highest BCUT2D eigenvalue weighted by atomic mass is 35.5. The second-order valence-electron chi connectivity index (χ2n) is 3.93. The summed E-state index contributed by atoms with van der Waals surface area (Å²) < 4.78 is 0. The molecule has 0 radical (unpaired) electrons. The number of aromatic nitrogens is 1. The van der Waals surface area contributed by atoms with Gasteiger partial charge in [-0.05, 0) is 18.1 Å². The summed E-state index contributed by atoms with van der Waals surface area (Å²) in [4.78, 5) is 14.2. The normalized spacial score (nSPS) is 13.2. The Balaban J connectivity index is 2.90. The first-order chi connectivity index (χ1) is 8.54. The molecule has 0 amide bonds. The molecule has 1 rings (SSSR count). The van der Waals surface area contributed by atoms with E-state index in [-0.39, 0.29) is 5.92 Å². The van der Waals surface area contributed by atoms with Gasteiger partial charge < -0.3 is 5.32 Å². The fourth-order valence-corrected chi connectivity index (χ4v) is 1.63. The average molecular weight is 270 g/mol. The number of nitrogens with one attached hydrogen (secondary N) is 1. The van der Waals surface area contributed by atoms with Crippen molar-refractivity contribution in [2.75, 3.05) is 6.54 Å². The lowest BCUT2D eigenvalue weighted by Crippen LogP contribution is -2.20. The van der Waals surface area contributed by atoms with Crippen molar-refractivity contribution in [3.05, 3.63) is 51.1 Å². The van der Waals surface area contributed by atoms with E-state index in [9.17, 15) is 10.1 Å². The Hall–Kier alpha value is -1.62. The summed E-state index contributed by atoms with van der Waals surface area (Å²) in [5, 5.41) is 14.1. The number of hydrogen-bond donors (Lipinski definition) is 1. The van der Waals surface area contributed by atoms with Crippen molar-refractivity contribution in [2.45, 2.75) is 26.2 Å². The van der Waals surface area contributed by atoms with E-state index in [1.54, 1.807) is 12.3 Å². The lowest BCUT2D eigenvalue weighted by Gasteiger charge is -2.15. The molecule has 1 aromatic heterocycles. The molecule has 0 saturated carbocycles. The van der Waals surface area contributed by atoms with Crippen molar-refractivity contribution < 1.29 is 4.92 Å². The molecule has 0 aliphatic heterocycles. The Morgan fingerprint density at radius 1 is 1.67 bits per heavy atom. The predicted octanol–water partition coefficient (Wildman–Crippen LogP) is 2.96. The van der Waals surface area contributed by atoms with Crippen LogP contribution < -0.4 is 5.32 Å². The van der Waals surface area contributed by atoms with Crippen molar-refractivity contribution >= 4 is 11.6 Å². The number of pyridine rings is 1. The van der Waals surface area contributed by atoms with Crippen LogP contribution in [0.25, 0.3) is 0 Å². The minimum absolute atomic E-state index is 0.119. The molecule has 0 fully saturated rings. The molecule has 0 aliphatic rings. The van der Waals surface area contributed by atoms with E-state index in [4.69, 9.17) is 11.6 Å². The minimum Gasteiger partial charge on any atom is -0.383 e. The van der Waals surface area contributed by atoms with Gasteiger partial charge in [0.15, 0.2) is 0 Å². The van der Waals surface area contributed by atoms with Crippen LogP contribution in [0.4, 0.5) is 0 Å². The van der Waals surface area contributed by atoms with Crippen LogP contribution in [0.15, 0.2) is 30.2 Å².